The third-order valence-corrected chi connectivity index (χ3v) is 15.1. The number of hydrogen-bond acceptors (Lipinski definition) is 5. The summed E-state index contributed by atoms with van der Waals surface area (Å²) < 4.78 is 0. The minimum absolute atomic E-state index is 0.0344. The summed E-state index contributed by atoms with van der Waals surface area (Å²) in [5.74, 6) is 1.83. The third kappa shape index (κ3) is 5.61. The lowest BCUT2D eigenvalue weighted by atomic mass is 9.36. The molecule has 0 saturated heterocycles. The van der Waals surface area contributed by atoms with E-state index in [0.717, 1.165) is 50.5 Å². The number of nitrogens with zero attached hydrogens (tertiary/aromatic N) is 1. The third-order valence-electron chi connectivity index (χ3n) is 15.1. The second kappa shape index (κ2) is 12.5. The predicted molar refractivity (Wildman–Crippen MR) is 187 cm³/mol. The minimum atomic E-state index is -1.04. The average Bonchev–Trinajstić information content (AvgIpc) is 3.54. The number of carbonyl (C=O) groups is 3. The van der Waals surface area contributed by atoms with Gasteiger partial charge in [0.15, 0.2) is 0 Å². The van der Waals surface area contributed by atoms with Crippen LogP contribution >= 0.6 is 0 Å². The molecule has 8 nitrogen and oxygen atoms in total. The van der Waals surface area contributed by atoms with Crippen LogP contribution in [0, 0.1) is 51.2 Å². The summed E-state index contributed by atoms with van der Waals surface area (Å²) in [6.45, 7) is 10.3. The van der Waals surface area contributed by atoms with E-state index in [1.165, 1.54) is 44.0 Å². The first-order valence-electron chi connectivity index (χ1n) is 18.8. The molecule has 5 fully saturated rings. The van der Waals surface area contributed by atoms with Gasteiger partial charge in [0.2, 0.25) is 5.91 Å². The fraction of sp³-hybridized carbons (Fsp3) is 0.659. The summed E-state index contributed by atoms with van der Waals surface area (Å²) in [7, 11) is 0. The highest BCUT2D eigenvalue weighted by molar-refractivity contribution is 5.94. The highest BCUT2D eigenvalue weighted by Crippen LogP contribution is 2.73. The zero-order valence-electron chi connectivity index (χ0n) is 29.8. The number of hydrogen-bond donors (Lipinski definition) is 4. The van der Waals surface area contributed by atoms with E-state index in [0.29, 0.717) is 52.8 Å². The van der Waals surface area contributed by atoms with Crippen molar-refractivity contribution in [1.29, 1.82) is 0 Å². The maximum absolute atomic E-state index is 14.2. The lowest BCUT2D eigenvalue weighted by Gasteiger charge is -2.69. The van der Waals surface area contributed by atoms with Crippen LogP contribution in [-0.2, 0) is 17.9 Å². The Hall–Kier alpha value is -3.26. The van der Waals surface area contributed by atoms with Crippen LogP contribution < -0.4 is 10.6 Å². The molecule has 0 spiro atoms. The molecule has 2 amide bonds. The van der Waals surface area contributed by atoms with E-state index in [2.05, 4.69) is 43.3 Å². The number of fused-ring (bicyclic) bond motifs is 7. The lowest BCUT2D eigenvalue weighted by Crippen LogP contribution is -2.63. The lowest BCUT2D eigenvalue weighted by molar-refractivity contribution is -0.214. The molecule has 0 bridgehead atoms. The minimum Gasteiger partial charge on any atom is -0.478 e. The van der Waals surface area contributed by atoms with Gasteiger partial charge in [0.05, 0.1) is 29.3 Å². The van der Waals surface area contributed by atoms with Crippen molar-refractivity contribution in [2.45, 2.75) is 118 Å². The number of benzene rings is 1. The number of aromatic nitrogens is 1. The fourth-order valence-corrected chi connectivity index (χ4v) is 12.8. The number of amides is 2. The second-order valence-corrected chi connectivity index (χ2v) is 17.5. The largest absolute Gasteiger partial charge is 0.478 e. The van der Waals surface area contributed by atoms with E-state index in [1.54, 1.807) is 6.07 Å². The van der Waals surface area contributed by atoms with Crippen LogP contribution in [0.4, 0.5) is 0 Å². The summed E-state index contributed by atoms with van der Waals surface area (Å²) in [5.41, 5.74) is 2.21. The molecule has 0 aliphatic heterocycles. The van der Waals surface area contributed by atoms with Crippen LogP contribution in [0.15, 0.2) is 42.6 Å². The van der Waals surface area contributed by atoms with Crippen molar-refractivity contribution in [3.05, 3.63) is 65.0 Å². The molecule has 2 aromatic rings. The van der Waals surface area contributed by atoms with Crippen molar-refractivity contribution >= 4 is 17.8 Å². The molecule has 264 valence electrons. The molecule has 1 aromatic carbocycles. The molecule has 1 aromatic heterocycles. The smallest absolute Gasteiger partial charge is 0.335 e. The van der Waals surface area contributed by atoms with Crippen molar-refractivity contribution in [2.24, 2.45) is 51.2 Å². The van der Waals surface area contributed by atoms with Gasteiger partial charge in [0.1, 0.15) is 0 Å². The van der Waals surface area contributed by atoms with E-state index in [-0.39, 0.29) is 46.3 Å². The van der Waals surface area contributed by atoms with Gasteiger partial charge in [-0.2, -0.15) is 0 Å². The number of carboxylic acids is 1. The zero-order chi connectivity index (χ0) is 34.8. The molecule has 7 rings (SSSR count). The summed E-state index contributed by atoms with van der Waals surface area (Å²) in [6, 6.07) is 10.2. The first-order chi connectivity index (χ1) is 23.3. The number of nitrogens with one attached hydrogen (secondary N) is 2. The first kappa shape index (κ1) is 34.2. The van der Waals surface area contributed by atoms with Gasteiger partial charge in [0, 0.05) is 18.3 Å². The molecule has 8 heteroatoms. The Labute approximate surface area is 291 Å². The highest BCUT2D eigenvalue weighted by Gasteiger charge is 2.67. The molecule has 5 aliphatic rings. The molecule has 4 N–H and O–H groups in total. The van der Waals surface area contributed by atoms with Crippen molar-refractivity contribution in [1.82, 2.24) is 15.6 Å². The van der Waals surface area contributed by atoms with Crippen LogP contribution in [0.5, 0.6) is 0 Å². The van der Waals surface area contributed by atoms with E-state index in [9.17, 15) is 24.6 Å². The molecular weight excluding hydrogens is 614 g/mol. The van der Waals surface area contributed by atoms with Crippen molar-refractivity contribution < 1.29 is 24.6 Å². The van der Waals surface area contributed by atoms with Crippen molar-refractivity contribution in [2.75, 3.05) is 0 Å². The Bertz CT molecular complexity index is 1620. The summed E-state index contributed by atoms with van der Waals surface area (Å²) in [5, 5.41) is 26.4. The van der Waals surface area contributed by atoms with Gasteiger partial charge in [-0.05, 0) is 140 Å². The number of carbonyl (C=O) groups excluding carboxylic acids is 2. The summed E-state index contributed by atoms with van der Waals surface area (Å²) >= 11 is 0. The SMILES string of the molecule is CC1(C)C(O)CCC2(C)C1CCC1(C)C3CCC4(C(=O)NCc5cccc(C(=O)NCc6cc(C(=O)O)ccn6)c5)CCCC4C3CCC12. The van der Waals surface area contributed by atoms with Crippen LogP contribution in [0.1, 0.15) is 130 Å². The Kier molecular flexibility index (Phi) is 8.73. The van der Waals surface area contributed by atoms with Gasteiger partial charge in [0.25, 0.3) is 5.91 Å². The zero-order valence-corrected chi connectivity index (χ0v) is 29.8. The molecule has 9 unspecified atom stereocenters. The Balaban J connectivity index is 1.01. The van der Waals surface area contributed by atoms with Crippen LogP contribution in [0.3, 0.4) is 0 Å². The number of carboxylic acid groups (broad SMARTS) is 1. The monoisotopic (exact) mass is 669 g/mol. The molecule has 49 heavy (non-hydrogen) atoms. The highest BCUT2D eigenvalue weighted by atomic mass is 16.4. The van der Waals surface area contributed by atoms with Gasteiger partial charge in [-0.25, -0.2) is 4.79 Å². The standard InChI is InChI=1S/C41H55N3O5/c1-38(2)32-13-17-39(3)30-12-19-41(16-6-9-31(41)29(30)10-11-33(39)40(32,4)18-14-34(38)45)37(49)44-23-25-7-5-8-26(21-25)35(46)43-24-28-22-27(36(47)48)15-20-42-28/h5,7-8,15,20-22,29-34,45H,6,9-14,16-19,23-24H2,1-4H3,(H,43,46)(H,44,49)(H,47,48). The molecule has 9 atom stereocenters. The first-order valence-corrected chi connectivity index (χ1v) is 18.8. The predicted octanol–water partition coefficient (Wildman–Crippen LogP) is 7.15. The number of rotatable bonds is 7. The molecule has 5 aliphatic carbocycles. The van der Waals surface area contributed by atoms with Gasteiger partial charge in [-0.3, -0.25) is 14.6 Å². The van der Waals surface area contributed by atoms with E-state index in [1.807, 2.05) is 18.2 Å². The normalized spacial score (nSPS) is 37.5. The van der Waals surface area contributed by atoms with Gasteiger partial charge in [-0.15, -0.1) is 0 Å². The summed E-state index contributed by atoms with van der Waals surface area (Å²) in [4.78, 5) is 42.7. The molecule has 1 heterocycles. The fourth-order valence-electron chi connectivity index (χ4n) is 12.8. The maximum Gasteiger partial charge on any atom is 0.335 e. The van der Waals surface area contributed by atoms with Gasteiger partial charge in [-0.1, -0.05) is 46.2 Å². The Morgan fingerprint density at radius 1 is 0.796 bits per heavy atom. The second-order valence-electron chi connectivity index (χ2n) is 17.5. The van der Waals surface area contributed by atoms with Crippen molar-refractivity contribution in [3.63, 3.8) is 0 Å². The quantitative estimate of drug-likeness (QED) is 0.248. The molecule has 5 saturated carbocycles. The van der Waals surface area contributed by atoms with Gasteiger partial charge >= 0.3 is 5.97 Å². The molecular formula is C41H55N3O5. The topological polar surface area (TPSA) is 129 Å². The van der Waals surface area contributed by atoms with Crippen LogP contribution in [-0.4, -0.2) is 39.1 Å². The van der Waals surface area contributed by atoms with Crippen LogP contribution in [0.25, 0.3) is 0 Å². The van der Waals surface area contributed by atoms with Gasteiger partial charge < -0.3 is 20.8 Å². The van der Waals surface area contributed by atoms with E-state index >= 15 is 0 Å². The van der Waals surface area contributed by atoms with E-state index in [4.69, 9.17) is 0 Å². The summed E-state index contributed by atoms with van der Waals surface area (Å²) in [6.07, 6.45) is 13.5. The Morgan fingerprint density at radius 2 is 1.59 bits per heavy atom. The maximum atomic E-state index is 14.2. The number of pyridine rings is 1. The van der Waals surface area contributed by atoms with Crippen LogP contribution in [0.2, 0.25) is 0 Å². The average molecular weight is 670 g/mol. The molecule has 0 radical (unpaired) electrons. The van der Waals surface area contributed by atoms with Crippen molar-refractivity contribution in [3.8, 4) is 0 Å². The number of aliphatic hydroxyl groups excluding tert-OH is 1. The Morgan fingerprint density at radius 3 is 2.39 bits per heavy atom. The number of aromatic carboxylic acids is 1. The number of aliphatic hydroxyl groups is 1. The van der Waals surface area contributed by atoms with E-state index < -0.39 is 5.97 Å².